The van der Waals surface area contributed by atoms with Gasteiger partial charge in [-0.25, -0.2) is 14.3 Å². The highest BCUT2D eigenvalue weighted by atomic mass is 32.2. The molecule has 0 saturated carbocycles. The molecule has 0 atom stereocenters. The fourth-order valence-electron chi connectivity index (χ4n) is 1.83. The number of imidazole rings is 1. The van der Waals surface area contributed by atoms with Crippen LogP contribution in [0.5, 0.6) is 0 Å². The van der Waals surface area contributed by atoms with Crippen molar-refractivity contribution in [3.8, 4) is 0 Å². The van der Waals surface area contributed by atoms with E-state index in [0.29, 0.717) is 0 Å². The van der Waals surface area contributed by atoms with E-state index in [1.54, 1.807) is 6.20 Å². The van der Waals surface area contributed by atoms with Crippen LogP contribution in [0.2, 0.25) is 0 Å². The molecule has 0 unspecified atom stereocenters. The first-order valence-electron chi connectivity index (χ1n) is 7.20. The molecule has 5 nitrogen and oxygen atoms in total. The van der Waals surface area contributed by atoms with Gasteiger partial charge in [-0.05, 0) is 11.5 Å². The first kappa shape index (κ1) is 18.4. The van der Waals surface area contributed by atoms with Gasteiger partial charge in [-0.1, -0.05) is 13.8 Å². The molecule has 0 N–H and O–H groups in total. The molecule has 0 bridgehead atoms. The zero-order valence-electron chi connectivity index (χ0n) is 13.1. The first-order chi connectivity index (χ1) is 10.2. The number of hydrogen-bond acceptors (Lipinski definition) is 6. The van der Waals surface area contributed by atoms with Gasteiger partial charge in [-0.3, -0.25) is 4.90 Å². The Morgan fingerprint density at radius 1 is 1.29 bits per heavy atom. The standard InChI is InChI=1S/C14H25N3O2S2/c1-4-20-8-6-16(7-9-21-5-2)10-13-11-17(12-15-13)14(18)19-3/h11-12H,4-10H2,1-3H3. The second kappa shape index (κ2) is 11.0. The smallest absolute Gasteiger partial charge is 0.418 e. The van der Waals surface area contributed by atoms with Crippen molar-refractivity contribution in [3.05, 3.63) is 18.2 Å². The molecule has 0 aliphatic carbocycles. The first-order valence-corrected chi connectivity index (χ1v) is 9.51. The molecule has 1 aromatic rings. The number of carbonyl (C=O) groups excluding carboxylic acids is 1. The minimum absolute atomic E-state index is 0.400. The van der Waals surface area contributed by atoms with Crippen molar-refractivity contribution in [2.75, 3.05) is 43.2 Å². The fraction of sp³-hybridized carbons (Fsp3) is 0.714. The number of thioether (sulfide) groups is 2. The average Bonchev–Trinajstić information content (AvgIpc) is 2.95. The van der Waals surface area contributed by atoms with Gasteiger partial charge in [0.05, 0.1) is 12.8 Å². The van der Waals surface area contributed by atoms with Crippen LogP contribution in [0.15, 0.2) is 12.5 Å². The van der Waals surface area contributed by atoms with Crippen molar-refractivity contribution >= 4 is 29.6 Å². The van der Waals surface area contributed by atoms with Crippen molar-refractivity contribution in [1.82, 2.24) is 14.5 Å². The molecule has 0 fully saturated rings. The minimum atomic E-state index is -0.400. The Labute approximate surface area is 135 Å². The molecule has 0 radical (unpaired) electrons. The topological polar surface area (TPSA) is 47.4 Å². The highest BCUT2D eigenvalue weighted by Gasteiger charge is 2.10. The number of carbonyl (C=O) groups is 1. The molecule has 0 saturated heterocycles. The molecule has 0 aromatic carbocycles. The minimum Gasteiger partial charge on any atom is -0.452 e. The van der Waals surface area contributed by atoms with Crippen molar-refractivity contribution in [3.63, 3.8) is 0 Å². The summed E-state index contributed by atoms with van der Waals surface area (Å²) in [6, 6.07) is 0. The zero-order chi connectivity index (χ0) is 15.5. The van der Waals surface area contributed by atoms with E-state index in [2.05, 4.69) is 28.5 Å². The number of hydrogen-bond donors (Lipinski definition) is 0. The molecule has 0 amide bonds. The highest BCUT2D eigenvalue weighted by molar-refractivity contribution is 7.99. The third kappa shape index (κ3) is 7.24. The molecule has 21 heavy (non-hydrogen) atoms. The summed E-state index contributed by atoms with van der Waals surface area (Å²) in [4.78, 5) is 18.1. The average molecular weight is 332 g/mol. The van der Waals surface area contributed by atoms with E-state index in [1.807, 2.05) is 23.5 Å². The predicted octanol–water partition coefficient (Wildman–Crippen LogP) is 2.81. The summed E-state index contributed by atoms with van der Waals surface area (Å²) in [7, 11) is 1.37. The van der Waals surface area contributed by atoms with Gasteiger partial charge in [-0.2, -0.15) is 23.5 Å². The van der Waals surface area contributed by atoms with Crippen LogP contribution in [0, 0.1) is 0 Å². The summed E-state index contributed by atoms with van der Waals surface area (Å²) in [6.45, 7) is 7.24. The van der Waals surface area contributed by atoms with Gasteiger partial charge in [0, 0.05) is 37.3 Å². The molecule has 0 aliphatic heterocycles. The highest BCUT2D eigenvalue weighted by Crippen LogP contribution is 2.08. The lowest BCUT2D eigenvalue weighted by atomic mass is 10.4. The van der Waals surface area contributed by atoms with Crippen molar-refractivity contribution < 1.29 is 9.53 Å². The Kier molecular flexibility index (Phi) is 9.62. The summed E-state index contributed by atoms with van der Waals surface area (Å²) in [6.07, 6.45) is 2.86. The molecule has 1 rings (SSSR count). The van der Waals surface area contributed by atoms with E-state index in [9.17, 15) is 4.79 Å². The Balaban J connectivity index is 2.52. The van der Waals surface area contributed by atoms with Gasteiger partial charge >= 0.3 is 6.09 Å². The lowest BCUT2D eigenvalue weighted by molar-refractivity contribution is 0.172. The van der Waals surface area contributed by atoms with Crippen molar-refractivity contribution in [1.29, 1.82) is 0 Å². The van der Waals surface area contributed by atoms with Crippen molar-refractivity contribution in [2.45, 2.75) is 20.4 Å². The van der Waals surface area contributed by atoms with Crippen LogP contribution in [-0.4, -0.2) is 63.8 Å². The van der Waals surface area contributed by atoms with E-state index in [4.69, 9.17) is 0 Å². The monoisotopic (exact) mass is 331 g/mol. The van der Waals surface area contributed by atoms with E-state index in [1.165, 1.54) is 18.0 Å². The van der Waals surface area contributed by atoms with Gasteiger partial charge in [0.15, 0.2) is 0 Å². The summed E-state index contributed by atoms with van der Waals surface area (Å²) >= 11 is 3.90. The Bertz CT molecular complexity index is 403. The second-order valence-corrected chi connectivity index (χ2v) is 7.20. The van der Waals surface area contributed by atoms with Crippen LogP contribution in [0.25, 0.3) is 0 Å². The molecule has 0 spiro atoms. The van der Waals surface area contributed by atoms with E-state index < -0.39 is 6.09 Å². The maximum Gasteiger partial charge on any atom is 0.418 e. The van der Waals surface area contributed by atoms with Gasteiger partial charge in [0.25, 0.3) is 0 Å². The SMILES string of the molecule is CCSCCN(CCSCC)Cc1cn(C(=O)OC)cn1. The van der Waals surface area contributed by atoms with Crippen molar-refractivity contribution in [2.24, 2.45) is 0 Å². The Hall–Kier alpha value is -0.660. The van der Waals surface area contributed by atoms with Gasteiger partial charge < -0.3 is 4.74 Å². The quantitative estimate of drug-likeness (QED) is 0.615. The number of rotatable bonds is 10. The van der Waals surface area contributed by atoms with Crippen LogP contribution in [-0.2, 0) is 11.3 Å². The molecule has 1 aromatic heterocycles. The van der Waals surface area contributed by atoms with Crippen LogP contribution in [0.3, 0.4) is 0 Å². The third-order valence-electron chi connectivity index (χ3n) is 2.92. The Morgan fingerprint density at radius 3 is 2.43 bits per heavy atom. The number of ether oxygens (including phenoxy) is 1. The van der Waals surface area contributed by atoms with Gasteiger partial charge in [0.1, 0.15) is 6.33 Å². The lowest BCUT2D eigenvalue weighted by Gasteiger charge is -2.20. The van der Waals surface area contributed by atoms with E-state index in [0.717, 1.165) is 48.3 Å². The van der Waals surface area contributed by atoms with E-state index in [-0.39, 0.29) is 0 Å². The largest absolute Gasteiger partial charge is 0.452 e. The summed E-state index contributed by atoms with van der Waals surface area (Å²) in [5.41, 5.74) is 0.906. The molecule has 1 heterocycles. The Morgan fingerprint density at radius 2 is 1.90 bits per heavy atom. The normalized spacial score (nSPS) is 11.0. The number of nitrogens with zero attached hydrogens (tertiary/aromatic N) is 3. The van der Waals surface area contributed by atoms with Gasteiger partial charge in [0.2, 0.25) is 0 Å². The number of aromatic nitrogens is 2. The lowest BCUT2D eigenvalue weighted by Crippen LogP contribution is -2.28. The van der Waals surface area contributed by atoms with Crippen LogP contribution < -0.4 is 0 Å². The van der Waals surface area contributed by atoms with Gasteiger partial charge in [-0.15, -0.1) is 0 Å². The van der Waals surface area contributed by atoms with Crippen LogP contribution in [0.1, 0.15) is 19.5 Å². The second-order valence-electron chi connectivity index (χ2n) is 4.41. The maximum atomic E-state index is 11.4. The molecular formula is C14H25N3O2S2. The predicted molar refractivity (Wildman–Crippen MR) is 91.3 cm³/mol. The van der Waals surface area contributed by atoms with Crippen LogP contribution >= 0.6 is 23.5 Å². The van der Waals surface area contributed by atoms with Crippen LogP contribution in [0.4, 0.5) is 4.79 Å². The fourth-order valence-corrected chi connectivity index (χ4v) is 3.18. The molecule has 120 valence electrons. The maximum absolute atomic E-state index is 11.4. The molecule has 7 heteroatoms. The summed E-state index contributed by atoms with van der Waals surface area (Å²) < 4.78 is 6.06. The molecule has 0 aliphatic rings. The number of methoxy groups -OCH3 is 1. The summed E-state index contributed by atoms with van der Waals surface area (Å²) in [5, 5.41) is 0. The summed E-state index contributed by atoms with van der Waals surface area (Å²) in [5.74, 6) is 4.55. The zero-order valence-corrected chi connectivity index (χ0v) is 14.7. The van der Waals surface area contributed by atoms with E-state index >= 15 is 0 Å². The third-order valence-corrected chi connectivity index (χ3v) is 4.68. The molecular weight excluding hydrogens is 306 g/mol.